The summed E-state index contributed by atoms with van der Waals surface area (Å²) >= 11 is 0. The number of piperazine rings is 1. The molecule has 2 unspecified atom stereocenters. The second kappa shape index (κ2) is 9.24. The Balaban J connectivity index is 0.00000243. The predicted molar refractivity (Wildman–Crippen MR) is 103 cm³/mol. The van der Waals surface area contributed by atoms with Crippen molar-refractivity contribution in [1.29, 1.82) is 0 Å². The molecule has 2 fully saturated rings. The lowest BCUT2D eigenvalue weighted by Gasteiger charge is -2.41. The minimum atomic E-state index is -0.104. The summed E-state index contributed by atoms with van der Waals surface area (Å²) in [6.07, 6.45) is 1.74. The molecule has 1 aromatic carbocycles. The third-order valence-corrected chi connectivity index (χ3v) is 5.24. The van der Waals surface area contributed by atoms with Crippen LogP contribution < -0.4 is 10.1 Å². The molecule has 1 aromatic rings. The molecule has 144 valence electrons. The van der Waals surface area contributed by atoms with Gasteiger partial charge in [0.25, 0.3) is 0 Å². The van der Waals surface area contributed by atoms with Gasteiger partial charge in [-0.15, -0.1) is 12.4 Å². The maximum absolute atomic E-state index is 13.2. The Morgan fingerprint density at radius 3 is 2.73 bits per heavy atom. The lowest BCUT2D eigenvalue weighted by atomic mass is 9.94. The van der Waals surface area contributed by atoms with E-state index in [1.807, 2.05) is 29.2 Å². The highest BCUT2D eigenvalue weighted by Crippen LogP contribution is 2.32. The summed E-state index contributed by atoms with van der Waals surface area (Å²) in [5.74, 6) is 0.915. The molecule has 0 aliphatic carbocycles. The van der Waals surface area contributed by atoms with Crippen LogP contribution in [0.15, 0.2) is 24.3 Å². The molecule has 3 rings (SSSR count). The van der Waals surface area contributed by atoms with Gasteiger partial charge >= 0.3 is 0 Å². The van der Waals surface area contributed by atoms with Gasteiger partial charge in [-0.3, -0.25) is 9.59 Å². The number of rotatable bonds is 3. The van der Waals surface area contributed by atoms with Crippen molar-refractivity contribution < 1.29 is 14.3 Å². The Morgan fingerprint density at radius 1 is 1.23 bits per heavy atom. The van der Waals surface area contributed by atoms with Crippen LogP contribution in [0, 0.1) is 5.92 Å². The Bertz CT molecular complexity index is 640. The molecule has 0 aromatic heterocycles. The van der Waals surface area contributed by atoms with Crippen LogP contribution in [0.5, 0.6) is 5.75 Å². The number of halogens is 1. The van der Waals surface area contributed by atoms with Crippen molar-refractivity contribution in [3.05, 3.63) is 29.8 Å². The normalized spacial score (nSPS) is 23.2. The van der Waals surface area contributed by atoms with E-state index in [0.717, 1.165) is 43.8 Å². The van der Waals surface area contributed by atoms with Crippen LogP contribution in [0.1, 0.15) is 31.4 Å². The summed E-state index contributed by atoms with van der Waals surface area (Å²) in [6.45, 7) is 5.07. The summed E-state index contributed by atoms with van der Waals surface area (Å²) in [4.78, 5) is 28.7. The van der Waals surface area contributed by atoms with Crippen LogP contribution in [0.3, 0.4) is 0 Å². The topological polar surface area (TPSA) is 61.9 Å². The lowest BCUT2D eigenvalue weighted by Crippen LogP contribution is -2.53. The second-order valence-electron chi connectivity index (χ2n) is 6.80. The van der Waals surface area contributed by atoms with Gasteiger partial charge < -0.3 is 19.9 Å². The van der Waals surface area contributed by atoms with Crippen molar-refractivity contribution in [3.8, 4) is 5.75 Å². The van der Waals surface area contributed by atoms with E-state index < -0.39 is 0 Å². The van der Waals surface area contributed by atoms with Gasteiger partial charge in [0.05, 0.1) is 19.1 Å². The van der Waals surface area contributed by atoms with Crippen LogP contribution in [0.25, 0.3) is 0 Å². The summed E-state index contributed by atoms with van der Waals surface area (Å²) in [5, 5.41) is 3.39. The highest BCUT2D eigenvalue weighted by molar-refractivity contribution is 5.85. The Labute approximate surface area is 161 Å². The molecular formula is C19H28ClN3O3. The Morgan fingerprint density at radius 2 is 2.00 bits per heavy atom. The van der Waals surface area contributed by atoms with Gasteiger partial charge in [-0.1, -0.05) is 18.2 Å². The SMILES string of the molecule is COc1ccccc1C1CNCCN1C(=O)C1CCCN(C(C)=O)C1.Cl. The van der Waals surface area contributed by atoms with E-state index in [1.54, 1.807) is 18.9 Å². The zero-order valence-electron chi connectivity index (χ0n) is 15.4. The van der Waals surface area contributed by atoms with Crippen LogP contribution >= 0.6 is 12.4 Å². The molecule has 2 aliphatic rings. The minimum absolute atomic E-state index is 0. The van der Waals surface area contributed by atoms with Crippen molar-refractivity contribution in [2.45, 2.75) is 25.8 Å². The number of nitrogens with zero attached hydrogens (tertiary/aromatic N) is 2. The first-order chi connectivity index (χ1) is 12.1. The molecule has 2 saturated heterocycles. The van der Waals surface area contributed by atoms with Crippen molar-refractivity contribution in [3.63, 3.8) is 0 Å². The molecule has 6 nitrogen and oxygen atoms in total. The average Bonchev–Trinajstić information content (AvgIpc) is 2.67. The second-order valence-corrected chi connectivity index (χ2v) is 6.80. The van der Waals surface area contributed by atoms with E-state index >= 15 is 0 Å². The van der Waals surface area contributed by atoms with Gasteiger partial charge in [0.1, 0.15) is 5.75 Å². The number of para-hydroxylation sites is 1. The highest BCUT2D eigenvalue weighted by Gasteiger charge is 2.35. The number of hydrogen-bond donors (Lipinski definition) is 1. The molecule has 26 heavy (non-hydrogen) atoms. The van der Waals surface area contributed by atoms with Crippen molar-refractivity contribution in [2.24, 2.45) is 5.92 Å². The number of nitrogens with one attached hydrogen (secondary N) is 1. The van der Waals surface area contributed by atoms with Crippen molar-refractivity contribution in [1.82, 2.24) is 15.1 Å². The molecular weight excluding hydrogens is 354 g/mol. The van der Waals surface area contributed by atoms with E-state index in [0.29, 0.717) is 13.1 Å². The summed E-state index contributed by atoms with van der Waals surface area (Å²) < 4.78 is 5.50. The van der Waals surface area contributed by atoms with Gasteiger partial charge in [-0.2, -0.15) is 0 Å². The van der Waals surface area contributed by atoms with Crippen LogP contribution in [0.4, 0.5) is 0 Å². The minimum Gasteiger partial charge on any atom is -0.496 e. The van der Waals surface area contributed by atoms with E-state index in [1.165, 1.54) is 0 Å². The van der Waals surface area contributed by atoms with E-state index in [9.17, 15) is 9.59 Å². The van der Waals surface area contributed by atoms with Gasteiger partial charge in [0, 0.05) is 45.2 Å². The van der Waals surface area contributed by atoms with E-state index in [4.69, 9.17) is 4.74 Å². The van der Waals surface area contributed by atoms with E-state index in [-0.39, 0.29) is 36.2 Å². The van der Waals surface area contributed by atoms with Crippen molar-refractivity contribution in [2.75, 3.05) is 39.8 Å². The van der Waals surface area contributed by atoms with Crippen LogP contribution in [-0.2, 0) is 9.59 Å². The van der Waals surface area contributed by atoms with Crippen molar-refractivity contribution >= 4 is 24.2 Å². The molecule has 0 saturated carbocycles. The Hall–Kier alpha value is -1.79. The average molecular weight is 382 g/mol. The fourth-order valence-electron chi connectivity index (χ4n) is 3.89. The molecule has 1 N–H and O–H groups in total. The zero-order chi connectivity index (χ0) is 17.8. The highest BCUT2D eigenvalue weighted by atomic mass is 35.5. The number of amides is 2. The summed E-state index contributed by atoms with van der Waals surface area (Å²) in [6, 6.07) is 7.85. The first-order valence-electron chi connectivity index (χ1n) is 9.01. The maximum Gasteiger partial charge on any atom is 0.228 e. The monoisotopic (exact) mass is 381 g/mol. The number of likely N-dealkylation sites (tertiary alicyclic amines) is 1. The Kier molecular flexibility index (Phi) is 7.29. The molecule has 0 spiro atoms. The summed E-state index contributed by atoms with van der Waals surface area (Å²) in [7, 11) is 1.66. The first-order valence-corrected chi connectivity index (χ1v) is 9.01. The number of benzene rings is 1. The molecule has 0 radical (unpaired) electrons. The molecule has 2 atom stereocenters. The fourth-order valence-corrected chi connectivity index (χ4v) is 3.89. The molecule has 0 bridgehead atoms. The standard InChI is InChI=1S/C19H27N3O3.ClH/c1-14(23)21-10-5-6-15(13-21)19(24)22-11-9-20-12-17(22)16-7-3-4-8-18(16)25-2;/h3-4,7-8,15,17,20H,5-6,9-13H2,1-2H3;1H. The van der Waals surface area contributed by atoms with Gasteiger partial charge in [-0.05, 0) is 18.9 Å². The van der Waals surface area contributed by atoms with Gasteiger partial charge in [0.15, 0.2) is 0 Å². The predicted octanol–water partition coefficient (Wildman–Crippen LogP) is 1.85. The number of piperidine rings is 1. The third kappa shape index (κ3) is 4.30. The zero-order valence-corrected chi connectivity index (χ0v) is 16.3. The van der Waals surface area contributed by atoms with E-state index in [2.05, 4.69) is 5.32 Å². The van der Waals surface area contributed by atoms with Gasteiger partial charge in [0.2, 0.25) is 11.8 Å². The van der Waals surface area contributed by atoms with Gasteiger partial charge in [-0.25, -0.2) is 0 Å². The number of hydrogen-bond acceptors (Lipinski definition) is 4. The number of ether oxygens (including phenoxy) is 1. The largest absolute Gasteiger partial charge is 0.496 e. The van der Waals surface area contributed by atoms with Crippen LogP contribution in [0.2, 0.25) is 0 Å². The number of carbonyl (C=O) groups is 2. The van der Waals surface area contributed by atoms with Crippen LogP contribution in [-0.4, -0.2) is 61.4 Å². The molecule has 7 heteroatoms. The molecule has 2 amide bonds. The smallest absolute Gasteiger partial charge is 0.228 e. The quantitative estimate of drug-likeness (QED) is 0.868. The lowest BCUT2D eigenvalue weighted by molar-refractivity contribution is -0.143. The third-order valence-electron chi connectivity index (χ3n) is 5.24. The first kappa shape index (κ1) is 20.5. The maximum atomic E-state index is 13.2. The fraction of sp³-hybridized carbons (Fsp3) is 0.579. The summed E-state index contributed by atoms with van der Waals surface area (Å²) in [5.41, 5.74) is 1.03. The molecule has 2 aliphatic heterocycles. The molecule has 2 heterocycles. The number of methoxy groups -OCH3 is 1. The number of carbonyl (C=O) groups excluding carboxylic acids is 2.